The number of benzene rings is 1. The van der Waals surface area contributed by atoms with E-state index < -0.39 is 0 Å². The standard InChI is InChI=1S/C26H42O/c1-4-7-15-23(12-6-3)26(21-22-13-10-9-11-14-22)24-16-18-25(19-17-24)27-20-8-5-2/h13,16-19,23,26H,4-12,14-15,20-21H2,1-3H3. The molecule has 152 valence electrons. The van der Waals surface area contributed by atoms with Crippen LogP contribution in [0.1, 0.15) is 109 Å². The molecule has 27 heavy (non-hydrogen) atoms. The smallest absolute Gasteiger partial charge is 0.119 e. The zero-order valence-corrected chi connectivity index (χ0v) is 18.1. The third-order valence-corrected chi connectivity index (χ3v) is 6.10. The zero-order valence-electron chi connectivity index (χ0n) is 18.1. The lowest BCUT2D eigenvalue weighted by Crippen LogP contribution is -2.15. The first-order valence-electron chi connectivity index (χ1n) is 11.7. The van der Waals surface area contributed by atoms with Gasteiger partial charge in [0.15, 0.2) is 0 Å². The molecule has 1 heteroatoms. The maximum atomic E-state index is 5.89. The SMILES string of the molecule is CCCCOc1ccc(C(CC2=CCCCC2)C(CCC)CCCC)cc1. The van der Waals surface area contributed by atoms with Gasteiger partial charge in [0.1, 0.15) is 5.75 Å². The second kappa shape index (κ2) is 13.0. The second-order valence-corrected chi connectivity index (χ2v) is 8.38. The molecule has 1 aliphatic carbocycles. The zero-order chi connectivity index (χ0) is 19.3. The molecule has 0 N–H and O–H groups in total. The van der Waals surface area contributed by atoms with Gasteiger partial charge in [0.05, 0.1) is 6.61 Å². The second-order valence-electron chi connectivity index (χ2n) is 8.38. The summed E-state index contributed by atoms with van der Waals surface area (Å²) in [6.07, 6.45) is 18.2. The summed E-state index contributed by atoms with van der Waals surface area (Å²) in [7, 11) is 0. The molecule has 0 fully saturated rings. The average molecular weight is 371 g/mol. The number of hydrogen-bond acceptors (Lipinski definition) is 1. The van der Waals surface area contributed by atoms with Crippen molar-refractivity contribution in [3.8, 4) is 5.75 Å². The van der Waals surface area contributed by atoms with Crippen LogP contribution in [0, 0.1) is 5.92 Å². The van der Waals surface area contributed by atoms with Gasteiger partial charge < -0.3 is 4.74 Å². The monoisotopic (exact) mass is 370 g/mol. The van der Waals surface area contributed by atoms with Crippen molar-refractivity contribution in [2.75, 3.05) is 6.61 Å². The quantitative estimate of drug-likeness (QED) is 0.250. The average Bonchev–Trinajstić information content (AvgIpc) is 2.71. The Hall–Kier alpha value is -1.24. The van der Waals surface area contributed by atoms with E-state index in [9.17, 15) is 0 Å². The summed E-state index contributed by atoms with van der Waals surface area (Å²) in [6.45, 7) is 7.72. The van der Waals surface area contributed by atoms with Gasteiger partial charge in [0.25, 0.3) is 0 Å². The Morgan fingerprint density at radius 2 is 1.67 bits per heavy atom. The number of hydrogen-bond donors (Lipinski definition) is 0. The molecule has 0 bridgehead atoms. The minimum Gasteiger partial charge on any atom is -0.494 e. The highest BCUT2D eigenvalue weighted by Crippen LogP contribution is 2.39. The van der Waals surface area contributed by atoms with Gasteiger partial charge in [-0.05, 0) is 74.5 Å². The fourth-order valence-corrected chi connectivity index (χ4v) is 4.46. The molecular formula is C26H42O. The predicted octanol–water partition coefficient (Wildman–Crippen LogP) is 8.45. The van der Waals surface area contributed by atoms with E-state index >= 15 is 0 Å². The fraction of sp³-hybridized carbons (Fsp3) is 0.692. The van der Waals surface area contributed by atoms with Crippen molar-refractivity contribution in [2.24, 2.45) is 5.92 Å². The molecule has 0 aromatic heterocycles. The predicted molar refractivity (Wildman–Crippen MR) is 119 cm³/mol. The van der Waals surface area contributed by atoms with Gasteiger partial charge in [-0.1, -0.05) is 76.7 Å². The number of rotatable bonds is 13. The summed E-state index contributed by atoms with van der Waals surface area (Å²) >= 11 is 0. The summed E-state index contributed by atoms with van der Waals surface area (Å²) in [5, 5.41) is 0. The lowest BCUT2D eigenvalue weighted by Gasteiger charge is -2.30. The van der Waals surface area contributed by atoms with Gasteiger partial charge in [-0.25, -0.2) is 0 Å². The maximum absolute atomic E-state index is 5.89. The van der Waals surface area contributed by atoms with Crippen LogP contribution >= 0.6 is 0 Å². The van der Waals surface area contributed by atoms with Crippen LogP contribution in [-0.2, 0) is 0 Å². The minimum atomic E-state index is 0.672. The van der Waals surface area contributed by atoms with Crippen LogP contribution in [0.3, 0.4) is 0 Å². The molecule has 0 aliphatic heterocycles. The highest BCUT2D eigenvalue weighted by Gasteiger charge is 2.24. The third kappa shape index (κ3) is 7.72. The molecule has 2 rings (SSSR count). The van der Waals surface area contributed by atoms with E-state index in [-0.39, 0.29) is 0 Å². The molecule has 0 heterocycles. The van der Waals surface area contributed by atoms with Crippen molar-refractivity contribution in [1.82, 2.24) is 0 Å². The van der Waals surface area contributed by atoms with Crippen molar-refractivity contribution < 1.29 is 4.74 Å². The van der Waals surface area contributed by atoms with Crippen LogP contribution < -0.4 is 4.74 Å². The highest BCUT2D eigenvalue weighted by atomic mass is 16.5. The van der Waals surface area contributed by atoms with E-state index in [4.69, 9.17) is 4.74 Å². The van der Waals surface area contributed by atoms with Crippen molar-refractivity contribution in [3.63, 3.8) is 0 Å². The molecule has 2 unspecified atom stereocenters. The topological polar surface area (TPSA) is 9.23 Å². The molecule has 0 spiro atoms. The number of unbranched alkanes of at least 4 members (excludes halogenated alkanes) is 2. The van der Waals surface area contributed by atoms with E-state index in [2.05, 4.69) is 51.1 Å². The molecule has 0 saturated heterocycles. The number of allylic oxidation sites excluding steroid dienone is 2. The van der Waals surface area contributed by atoms with Gasteiger partial charge in [0.2, 0.25) is 0 Å². The van der Waals surface area contributed by atoms with E-state index in [1.165, 1.54) is 76.2 Å². The summed E-state index contributed by atoms with van der Waals surface area (Å²) in [5.74, 6) is 2.51. The molecule has 0 amide bonds. The maximum Gasteiger partial charge on any atom is 0.119 e. The summed E-state index contributed by atoms with van der Waals surface area (Å²) in [6, 6.07) is 9.11. The Morgan fingerprint density at radius 3 is 2.30 bits per heavy atom. The summed E-state index contributed by atoms with van der Waals surface area (Å²) < 4.78 is 5.89. The summed E-state index contributed by atoms with van der Waals surface area (Å²) in [4.78, 5) is 0. The van der Waals surface area contributed by atoms with Crippen LogP contribution in [0.15, 0.2) is 35.9 Å². The lowest BCUT2D eigenvalue weighted by atomic mass is 9.75. The van der Waals surface area contributed by atoms with E-state index in [1.54, 1.807) is 5.57 Å². The lowest BCUT2D eigenvalue weighted by molar-refractivity contribution is 0.308. The van der Waals surface area contributed by atoms with Crippen molar-refractivity contribution >= 4 is 0 Å². The Kier molecular flexibility index (Phi) is 10.6. The van der Waals surface area contributed by atoms with E-state index in [0.29, 0.717) is 5.92 Å². The van der Waals surface area contributed by atoms with Crippen LogP contribution in [-0.4, -0.2) is 6.61 Å². The first kappa shape index (κ1) is 22.1. The van der Waals surface area contributed by atoms with Crippen LogP contribution in [0.5, 0.6) is 5.75 Å². The Bertz CT molecular complexity index is 528. The third-order valence-electron chi connectivity index (χ3n) is 6.10. The Morgan fingerprint density at radius 1 is 0.889 bits per heavy atom. The molecular weight excluding hydrogens is 328 g/mol. The van der Waals surface area contributed by atoms with Gasteiger partial charge in [-0.3, -0.25) is 0 Å². The van der Waals surface area contributed by atoms with Crippen LogP contribution in [0.4, 0.5) is 0 Å². The van der Waals surface area contributed by atoms with Crippen LogP contribution in [0.25, 0.3) is 0 Å². The van der Waals surface area contributed by atoms with Gasteiger partial charge >= 0.3 is 0 Å². The Balaban J connectivity index is 2.14. The normalized spacial score (nSPS) is 16.6. The molecule has 0 saturated carbocycles. The molecule has 1 aliphatic rings. The number of ether oxygens (including phenoxy) is 1. The highest BCUT2D eigenvalue weighted by molar-refractivity contribution is 5.31. The van der Waals surface area contributed by atoms with Crippen LogP contribution in [0.2, 0.25) is 0 Å². The first-order chi connectivity index (χ1) is 13.3. The summed E-state index contributed by atoms with van der Waals surface area (Å²) in [5.41, 5.74) is 3.24. The fourth-order valence-electron chi connectivity index (χ4n) is 4.46. The first-order valence-corrected chi connectivity index (χ1v) is 11.7. The molecule has 1 aromatic rings. The van der Waals surface area contributed by atoms with E-state index in [1.807, 2.05) is 0 Å². The Labute approximate surface area is 168 Å². The van der Waals surface area contributed by atoms with Gasteiger partial charge in [-0.15, -0.1) is 0 Å². The van der Waals surface area contributed by atoms with Gasteiger partial charge in [-0.2, -0.15) is 0 Å². The molecule has 1 aromatic carbocycles. The molecule has 2 atom stereocenters. The van der Waals surface area contributed by atoms with E-state index in [0.717, 1.165) is 24.7 Å². The minimum absolute atomic E-state index is 0.672. The molecule has 1 nitrogen and oxygen atoms in total. The van der Waals surface area contributed by atoms with Crippen molar-refractivity contribution in [1.29, 1.82) is 0 Å². The molecule has 0 radical (unpaired) electrons. The van der Waals surface area contributed by atoms with Crippen molar-refractivity contribution in [3.05, 3.63) is 41.5 Å². The van der Waals surface area contributed by atoms with Gasteiger partial charge in [0, 0.05) is 0 Å². The largest absolute Gasteiger partial charge is 0.494 e. The van der Waals surface area contributed by atoms with Crippen molar-refractivity contribution in [2.45, 2.75) is 104 Å².